The van der Waals surface area contributed by atoms with Crippen molar-refractivity contribution in [3.8, 4) is 5.75 Å². The van der Waals surface area contributed by atoms with E-state index in [2.05, 4.69) is 55.2 Å². The van der Waals surface area contributed by atoms with Gasteiger partial charge >= 0.3 is 0 Å². The lowest BCUT2D eigenvalue weighted by molar-refractivity contribution is -0.118. The zero-order chi connectivity index (χ0) is 22.5. The minimum Gasteiger partial charge on any atom is -0.482 e. The highest BCUT2D eigenvalue weighted by Gasteiger charge is 2.12. The Kier molecular flexibility index (Phi) is 7.92. The van der Waals surface area contributed by atoms with E-state index in [1.54, 1.807) is 18.3 Å². The zero-order valence-electron chi connectivity index (χ0n) is 17.3. The monoisotopic (exact) mass is 562 g/mol. The van der Waals surface area contributed by atoms with Gasteiger partial charge in [0.15, 0.2) is 6.61 Å². The third-order valence-corrected chi connectivity index (χ3v) is 6.21. The van der Waals surface area contributed by atoms with Crippen LogP contribution in [-0.4, -0.2) is 18.7 Å². The minimum absolute atomic E-state index is 0.157. The van der Waals surface area contributed by atoms with Gasteiger partial charge in [0.05, 0.1) is 10.2 Å². The molecule has 0 fully saturated rings. The van der Waals surface area contributed by atoms with Gasteiger partial charge in [-0.05, 0) is 83.7 Å². The third-order valence-electron chi connectivity index (χ3n) is 4.76. The maximum Gasteiger partial charge on any atom is 0.262 e. The molecule has 0 aliphatic carbocycles. The Hall–Kier alpha value is -2.15. The number of benzene rings is 3. The van der Waals surface area contributed by atoms with Crippen LogP contribution < -0.4 is 10.1 Å². The second-order valence-corrected chi connectivity index (χ2v) is 9.26. The van der Waals surface area contributed by atoms with Crippen LogP contribution >= 0.6 is 43.5 Å². The molecule has 3 aromatic rings. The second kappa shape index (κ2) is 10.4. The van der Waals surface area contributed by atoms with Gasteiger partial charge in [0.1, 0.15) is 5.75 Å². The average Bonchev–Trinajstić information content (AvgIpc) is 2.71. The summed E-state index contributed by atoms with van der Waals surface area (Å²) in [5.74, 6) is 0.251. The summed E-state index contributed by atoms with van der Waals surface area (Å²) in [6.45, 7) is 5.84. The van der Waals surface area contributed by atoms with Crippen LogP contribution in [0.25, 0.3) is 0 Å². The molecule has 3 rings (SSSR count). The largest absolute Gasteiger partial charge is 0.482 e. The summed E-state index contributed by atoms with van der Waals surface area (Å²) in [4.78, 5) is 17.0. The zero-order valence-corrected chi connectivity index (χ0v) is 21.2. The summed E-state index contributed by atoms with van der Waals surface area (Å²) < 4.78 is 7.44. The van der Waals surface area contributed by atoms with E-state index in [0.29, 0.717) is 16.5 Å². The Labute approximate surface area is 203 Å². The van der Waals surface area contributed by atoms with Gasteiger partial charge in [0.25, 0.3) is 5.91 Å². The summed E-state index contributed by atoms with van der Waals surface area (Å²) >= 11 is 13.1. The SMILES string of the molecule is Cc1ccc(NC(=O)COc2c(Br)cc(Br)cc2C=Nc2cccc(C)c2C)cc1Cl. The van der Waals surface area contributed by atoms with E-state index in [4.69, 9.17) is 16.3 Å². The first-order valence-electron chi connectivity index (χ1n) is 9.52. The summed E-state index contributed by atoms with van der Waals surface area (Å²) in [6, 6.07) is 15.1. The number of hydrogen-bond acceptors (Lipinski definition) is 3. The number of halogens is 3. The molecule has 0 aromatic heterocycles. The fraction of sp³-hybridized carbons (Fsp3) is 0.167. The number of aryl methyl sites for hydroxylation is 2. The van der Waals surface area contributed by atoms with Crippen molar-refractivity contribution in [2.75, 3.05) is 11.9 Å². The summed E-state index contributed by atoms with van der Waals surface area (Å²) in [5.41, 5.74) is 5.49. The van der Waals surface area contributed by atoms with E-state index in [1.165, 1.54) is 5.56 Å². The summed E-state index contributed by atoms with van der Waals surface area (Å²) in [7, 11) is 0. The molecule has 0 atom stereocenters. The van der Waals surface area contributed by atoms with Crippen molar-refractivity contribution < 1.29 is 9.53 Å². The molecule has 0 spiro atoms. The van der Waals surface area contributed by atoms with Crippen LogP contribution in [0.3, 0.4) is 0 Å². The van der Waals surface area contributed by atoms with Crippen molar-refractivity contribution in [1.82, 2.24) is 0 Å². The predicted octanol–water partition coefficient (Wildman–Crippen LogP) is 7.56. The van der Waals surface area contributed by atoms with Gasteiger partial charge < -0.3 is 10.1 Å². The van der Waals surface area contributed by atoms with Crippen molar-refractivity contribution in [1.29, 1.82) is 0 Å². The number of anilines is 1. The van der Waals surface area contributed by atoms with Crippen LogP contribution in [0.5, 0.6) is 5.75 Å². The lowest BCUT2D eigenvalue weighted by Gasteiger charge is -2.13. The molecule has 1 amide bonds. The Balaban J connectivity index is 1.77. The van der Waals surface area contributed by atoms with Crippen LogP contribution in [-0.2, 0) is 4.79 Å². The molecule has 0 unspecified atom stereocenters. The van der Waals surface area contributed by atoms with Gasteiger partial charge in [-0.25, -0.2) is 0 Å². The first-order chi connectivity index (χ1) is 14.7. The second-order valence-electron chi connectivity index (χ2n) is 7.08. The molecule has 0 radical (unpaired) electrons. The summed E-state index contributed by atoms with van der Waals surface area (Å²) in [6.07, 6.45) is 1.74. The first-order valence-corrected chi connectivity index (χ1v) is 11.5. The topological polar surface area (TPSA) is 50.7 Å². The molecule has 0 heterocycles. The van der Waals surface area contributed by atoms with Crippen molar-refractivity contribution in [2.45, 2.75) is 20.8 Å². The summed E-state index contributed by atoms with van der Waals surface area (Å²) in [5, 5.41) is 3.39. The van der Waals surface area contributed by atoms with Gasteiger partial charge in [-0.1, -0.05) is 45.7 Å². The van der Waals surface area contributed by atoms with E-state index >= 15 is 0 Å². The Morgan fingerprint density at radius 2 is 1.87 bits per heavy atom. The van der Waals surface area contributed by atoms with Crippen LogP contribution in [0.4, 0.5) is 11.4 Å². The molecule has 0 bridgehead atoms. The highest BCUT2D eigenvalue weighted by atomic mass is 79.9. The maximum atomic E-state index is 12.4. The fourth-order valence-corrected chi connectivity index (χ4v) is 4.40. The highest BCUT2D eigenvalue weighted by Crippen LogP contribution is 2.33. The molecule has 0 saturated heterocycles. The number of carbonyl (C=O) groups excluding carboxylic acids is 1. The van der Waals surface area contributed by atoms with E-state index in [0.717, 1.165) is 31.3 Å². The van der Waals surface area contributed by atoms with E-state index in [-0.39, 0.29) is 12.5 Å². The number of hydrogen-bond donors (Lipinski definition) is 1. The molecule has 3 aromatic carbocycles. The molecule has 4 nitrogen and oxygen atoms in total. The maximum absolute atomic E-state index is 12.4. The van der Waals surface area contributed by atoms with Crippen molar-refractivity contribution >= 4 is 67.0 Å². The van der Waals surface area contributed by atoms with Gasteiger partial charge in [-0.3, -0.25) is 9.79 Å². The smallest absolute Gasteiger partial charge is 0.262 e. The molecule has 7 heteroatoms. The van der Waals surface area contributed by atoms with Crippen LogP contribution in [0.2, 0.25) is 5.02 Å². The van der Waals surface area contributed by atoms with Gasteiger partial charge in [-0.2, -0.15) is 0 Å². The molecular formula is C24H21Br2ClN2O2. The quantitative estimate of drug-likeness (QED) is 0.314. The van der Waals surface area contributed by atoms with Gasteiger partial charge in [-0.15, -0.1) is 0 Å². The number of nitrogens with zero attached hydrogens (tertiary/aromatic N) is 1. The van der Waals surface area contributed by atoms with E-state index in [9.17, 15) is 4.79 Å². The Morgan fingerprint density at radius 3 is 2.61 bits per heavy atom. The minimum atomic E-state index is -0.285. The molecule has 160 valence electrons. The number of aliphatic imine (C=N–C) groups is 1. The molecular weight excluding hydrogens is 544 g/mol. The number of amides is 1. The average molecular weight is 565 g/mol. The van der Waals surface area contributed by atoms with Gasteiger partial charge in [0.2, 0.25) is 0 Å². The number of ether oxygens (including phenoxy) is 1. The fourth-order valence-electron chi connectivity index (χ4n) is 2.85. The lowest BCUT2D eigenvalue weighted by Crippen LogP contribution is -2.20. The predicted molar refractivity (Wildman–Crippen MR) is 135 cm³/mol. The van der Waals surface area contributed by atoms with Crippen LogP contribution in [0, 0.1) is 20.8 Å². The standard InChI is InChI=1S/C24H21Br2ClN2O2/c1-14-5-4-6-22(16(14)3)28-12-17-9-18(25)10-20(26)24(17)31-13-23(30)29-19-8-7-15(2)21(27)11-19/h4-12H,13H2,1-3H3,(H,29,30). The normalized spacial score (nSPS) is 11.0. The number of nitrogens with one attached hydrogen (secondary N) is 1. The van der Waals surface area contributed by atoms with Crippen molar-refractivity contribution in [3.63, 3.8) is 0 Å². The highest BCUT2D eigenvalue weighted by molar-refractivity contribution is 9.11. The number of carbonyl (C=O) groups is 1. The van der Waals surface area contributed by atoms with Gasteiger partial charge in [0, 0.05) is 27.0 Å². The molecule has 0 aliphatic heterocycles. The molecule has 0 saturated carbocycles. The Bertz CT molecular complexity index is 1160. The van der Waals surface area contributed by atoms with E-state index < -0.39 is 0 Å². The number of rotatable bonds is 6. The third kappa shape index (κ3) is 6.19. The lowest BCUT2D eigenvalue weighted by atomic mass is 10.1. The molecule has 0 aliphatic rings. The molecule has 31 heavy (non-hydrogen) atoms. The first kappa shape index (κ1) is 23.5. The van der Waals surface area contributed by atoms with Crippen LogP contribution in [0.15, 0.2) is 62.5 Å². The van der Waals surface area contributed by atoms with Crippen molar-refractivity contribution in [3.05, 3.63) is 84.8 Å². The Morgan fingerprint density at radius 1 is 1.10 bits per heavy atom. The van der Waals surface area contributed by atoms with E-state index in [1.807, 2.05) is 44.2 Å². The van der Waals surface area contributed by atoms with Crippen LogP contribution in [0.1, 0.15) is 22.3 Å². The molecule has 1 N–H and O–H groups in total. The van der Waals surface area contributed by atoms with Crippen molar-refractivity contribution in [2.24, 2.45) is 4.99 Å².